The van der Waals surface area contributed by atoms with Crippen molar-refractivity contribution in [2.45, 2.75) is 0 Å². The van der Waals surface area contributed by atoms with Crippen molar-refractivity contribution in [2.24, 2.45) is 5.16 Å². The summed E-state index contributed by atoms with van der Waals surface area (Å²) in [4.78, 5) is 3.99. The molecule has 0 bridgehead atoms. The van der Waals surface area contributed by atoms with Gasteiger partial charge >= 0.3 is 0 Å². The normalized spacial score (nSPS) is 11.9. The first kappa shape index (κ1) is 8.97. The van der Waals surface area contributed by atoms with Crippen molar-refractivity contribution >= 4 is 27.5 Å². The predicted molar refractivity (Wildman–Crippen MR) is 55.9 cm³/mol. The minimum atomic E-state index is 0.0794. The topological polar surface area (TPSA) is 45.5 Å². The molecule has 0 saturated heterocycles. The number of aromatic nitrogens is 1. The summed E-state index contributed by atoms with van der Waals surface area (Å²) in [5.41, 5.74) is 0.676. The zero-order valence-corrected chi connectivity index (χ0v) is 7.94. The molecule has 0 saturated carbocycles. The summed E-state index contributed by atoms with van der Waals surface area (Å²) in [5.74, 6) is 0. The summed E-state index contributed by atoms with van der Waals surface area (Å²) in [5, 5.41) is 13.5. The second-order valence-electron chi connectivity index (χ2n) is 2.83. The highest BCUT2D eigenvalue weighted by atomic mass is 35.5. The van der Waals surface area contributed by atoms with Gasteiger partial charge in [-0.25, -0.2) is 0 Å². The summed E-state index contributed by atoms with van der Waals surface area (Å²) in [6.07, 6.45) is 3.46. The van der Waals surface area contributed by atoms with E-state index in [2.05, 4.69) is 10.1 Å². The lowest BCUT2D eigenvalue weighted by Crippen LogP contribution is -1.90. The molecule has 2 aromatic rings. The van der Waals surface area contributed by atoms with E-state index in [-0.39, 0.29) is 5.17 Å². The van der Waals surface area contributed by atoms with E-state index in [0.717, 1.165) is 10.8 Å². The molecule has 14 heavy (non-hydrogen) atoms. The quantitative estimate of drug-likeness (QED) is 0.443. The molecule has 0 aliphatic carbocycles. The Hall–Kier alpha value is -1.61. The fourth-order valence-electron chi connectivity index (χ4n) is 1.27. The molecule has 1 heterocycles. The first-order valence-corrected chi connectivity index (χ1v) is 4.41. The second-order valence-corrected chi connectivity index (χ2v) is 3.19. The lowest BCUT2D eigenvalue weighted by atomic mass is 10.1. The minimum Gasteiger partial charge on any atom is -0.410 e. The van der Waals surface area contributed by atoms with Crippen LogP contribution in [0.5, 0.6) is 0 Å². The van der Waals surface area contributed by atoms with Crippen LogP contribution in [0, 0.1) is 0 Å². The molecule has 70 valence electrons. The third-order valence-electron chi connectivity index (χ3n) is 1.97. The van der Waals surface area contributed by atoms with Crippen molar-refractivity contribution in [1.82, 2.24) is 4.98 Å². The van der Waals surface area contributed by atoms with Crippen molar-refractivity contribution in [1.29, 1.82) is 0 Å². The number of pyridine rings is 1. The van der Waals surface area contributed by atoms with E-state index in [9.17, 15) is 0 Å². The van der Waals surface area contributed by atoms with Crippen LogP contribution in [0.4, 0.5) is 0 Å². The van der Waals surface area contributed by atoms with Crippen LogP contribution >= 0.6 is 11.6 Å². The number of oxime groups is 1. The number of halogens is 1. The van der Waals surface area contributed by atoms with Crippen molar-refractivity contribution in [3.05, 3.63) is 42.2 Å². The van der Waals surface area contributed by atoms with Crippen LogP contribution in [0.1, 0.15) is 5.56 Å². The Kier molecular flexibility index (Phi) is 2.33. The minimum absolute atomic E-state index is 0.0794. The molecule has 0 fully saturated rings. The van der Waals surface area contributed by atoms with Gasteiger partial charge in [0.25, 0.3) is 0 Å². The maximum atomic E-state index is 8.50. The van der Waals surface area contributed by atoms with E-state index in [0.29, 0.717) is 5.56 Å². The molecule has 3 nitrogen and oxygen atoms in total. The molecular formula is C10H7ClN2O. The van der Waals surface area contributed by atoms with Gasteiger partial charge in [0.15, 0.2) is 5.17 Å². The Bertz CT molecular complexity index is 496. The van der Waals surface area contributed by atoms with Gasteiger partial charge in [0, 0.05) is 23.3 Å². The highest BCUT2D eigenvalue weighted by molar-refractivity contribution is 6.69. The van der Waals surface area contributed by atoms with E-state index in [1.807, 2.05) is 18.2 Å². The molecule has 1 aromatic carbocycles. The molecule has 0 unspecified atom stereocenters. The third-order valence-corrected chi connectivity index (χ3v) is 2.26. The molecule has 0 aliphatic heterocycles. The van der Waals surface area contributed by atoms with Crippen LogP contribution in [0.2, 0.25) is 0 Å². The van der Waals surface area contributed by atoms with Gasteiger partial charge in [-0.15, -0.1) is 0 Å². The highest BCUT2D eigenvalue weighted by Gasteiger charge is 2.01. The molecule has 2 rings (SSSR count). The van der Waals surface area contributed by atoms with Gasteiger partial charge in [-0.3, -0.25) is 4.98 Å². The fraction of sp³-hybridized carbons (Fsp3) is 0. The van der Waals surface area contributed by atoms with E-state index in [1.54, 1.807) is 18.5 Å². The summed E-state index contributed by atoms with van der Waals surface area (Å²) in [6.45, 7) is 0. The van der Waals surface area contributed by atoms with Gasteiger partial charge in [-0.2, -0.15) is 0 Å². The number of nitrogens with zero attached hydrogens (tertiary/aromatic N) is 2. The summed E-state index contributed by atoms with van der Waals surface area (Å²) in [6, 6.07) is 7.43. The van der Waals surface area contributed by atoms with E-state index < -0.39 is 0 Å². The number of fused-ring (bicyclic) bond motifs is 1. The maximum absolute atomic E-state index is 8.50. The third kappa shape index (κ3) is 1.54. The Morgan fingerprint density at radius 3 is 2.93 bits per heavy atom. The lowest BCUT2D eigenvalue weighted by molar-refractivity contribution is 0.321. The van der Waals surface area contributed by atoms with Gasteiger partial charge in [0.2, 0.25) is 0 Å². The molecule has 0 radical (unpaired) electrons. The zero-order valence-electron chi connectivity index (χ0n) is 7.18. The summed E-state index contributed by atoms with van der Waals surface area (Å²) < 4.78 is 0. The monoisotopic (exact) mass is 206 g/mol. The van der Waals surface area contributed by atoms with Crippen molar-refractivity contribution in [2.75, 3.05) is 0 Å². The average Bonchev–Trinajstić information content (AvgIpc) is 2.27. The Balaban J connectivity index is 2.62. The number of rotatable bonds is 1. The Morgan fingerprint density at radius 2 is 2.14 bits per heavy atom. The smallest absolute Gasteiger partial charge is 0.175 e. The Labute approximate surface area is 85.6 Å². The number of hydrogen-bond donors (Lipinski definition) is 1. The zero-order chi connectivity index (χ0) is 9.97. The molecule has 0 aliphatic rings. The number of hydrogen-bond acceptors (Lipinski definition) is 3. The molecular weight excluding hydrogens is 200 g/mol. The molecule has 1 aromatic heterocycles. The average molecular weight is 207 g/mol. The van der Waals surface area contributed by atoms with Gasteiger partial charge in [-0.1, -0.05) is 28.9 Å². The van der Waals surface area contributed by atoms with Crippen LogP contribution in [-0.4, -0.2) is 15.4 Å². The summed E-state index contributed by atoms with van der Waals surface area (Å²) >= 11 is 5.67. The molecule has 0 spiro atoms. The van der Waals surface area contributed by atoms with Crippen molar-refractivity contribution in [3.63, 3.8) is 0 Å². The second kappa shape index (κ2) is 3.64. The molecule has 0 amide bonds. The van der Waals surface area contributed by atoms with Gasteiger partial charge in [0.1, 0.15) is 0 Å². The van der Waals surface area contributed by atoms with Crippen LogP contribution < -0.4 is 0 Å². The van der Waals surface area contributed by atoms with Gasteiger partial charge in [0.05, 0.1) is 0 Å². The van der Waals surface area contributed by atoms with E-state index in [1.165, 1.54) is 0 Å². The number of benzene rings is 1. The predicted octanol–water partition coefficient (Wildman–Crippen LogP) is 2.61. The van der Waals surface area contributed by atoms with Crippen LogP contribution in [0.25, 0.3) is 10.8 Å². The molecule has 0 atom stereocenters. The largest absolute Gasteiger partial charge is 0.410 e. The van der Waals surface area contributed by atoms with E-state index in [4.69, 9.17) is 16.8 Å². The standard InChI is InChI=1S/C10H7ClN2O/c11-10(13-14)8-2-1-7-3-4-12-6-9(7)5-8/h1-6,14H. The first-order valence-electron chi connectivity index (χ1n) is 4.03. The SMILES string of the molecule is ON=C(Cl)c1ccc2ccncc2c1. The highest BCUT2D eigenvalue weighted by Crippen LogP contribution is 2.15. The van der Waals surface area contributed by atoms with Crippen LogP contribution in [0.15, 0.2) is 41.8 Å². The van der Waals surface area contributed by atoms with Gasteiger partial charge in [-0.05, 0) is 17.5 Å². The molecule has 4 heteroatoms. The van der Waals surface area contributed by atoms with E-state index >= 15 is 0 Å². The molecule has 1 N–H and O–H groups in total. The fourth-order valence-corrected chi connectivity index (χ4v) is 1.39. The van der Waals surface area contributed by atoms with Gasteiger partial charge < -0.3 is 5.21 Å². The lowest BCUT2D eigenvalue weighted by Gasteiger charge is -1.99. The first-order chi connectivity index (χ1) is 6.81. The summed E-state index contributed by atoms with van der Waals surface area (Å²) in [7, 11) is 0. The van der Waals surface area contributed by atoms with Crippen LogP contribution in [-0.2, 0) is 0 Å². The Morgan fingerprint density at radius 1 is 1.29 bits per heavy atom. The maximum Gasteiger partial charge on any atom is 0.175 e. The van der Waals surface area contributed by atoms with Crippen molar-refractivity contribution < 1.29 is 5.21 Å². The van der Waals surface area contributed by atoms with Crippen molar-refractivity contribution in [3.8, 4) is 0 Å². The van der Waals surface area contributed by atoms with Crippen LogP contribution in [0.3, 0.4) is 0 Å².